The number of amides is 3. The van der Waals surface area contributed by atoms with E-state index in [1.807, 2.05) is 37.3 Å². The number of fused-ring (bicyclic) bond motifs is 1. The van der Waals surface area contributed by atoms with Gasteiger partial charge in [-0.15, -0.1) is 13.2 Å². The highest BCUT2D eigenvalue weighted by atomic mass is 16.5. The molecule has 1 aromatic rings. The van der Waals surface area contributed by atoms with Crippen LogP contribution >= 0.6 is 0 Å². The van der Waals surface area contributed by atoms with Crippen molar-refractivity contribution >= 4 is 17.7 Å². The minimum absolute atomic E-state index is 0.0429. The number of unbranched alkanes of at least 4 members (excludes halogenated alkanes) is 2. The number of rotatable bonds is 16. The molecule has 4 aliphatic rings. The second-order valence-electron chi connectivity index (χ2n) is 13.5. The number of hydrogen-bond acceptors (Lipinski definition) is 7. The van der Waals surface area contributed by atoms with Gasteiger partial charge in [0.2, 0.25) is 17.7 Å². The van der Waals surface area contributed by atoms with Crippen LogP contribution in [0.4, 0.5) is 0 Å². The van der Waals surface area contributed by atoms with Crippen molar-refractivity contribution < 1.29 is 29.0 Å². The van der Waals surface area contributed by atoms with Crippen LogP contribution in [0.3, 0.4) is 0 Å². The van der Waals surface area contributed by atoms with Crippen LogP contribution in [0.5, 0.6) is 0 Å². The van der Waals surface area contributed by atoms with Gasteiger partial charge in [-0.25, -0.2) is 0 Å². The normalized spacial score (nSPS) is 30.3. The van der Waals surface area contributed by atoms with Gasteiger partial charge in [0, 0.05) is 59.0 Å². The number of carbonyl (C=O) groups excluding carboxylic acids is 3. The molecular formula is C36H52N4O6. The molecule has 3 amide bonds. The molecule has 1 aromatic carbocycles. The van der Waals surface area contributed by atoms with E-state index in [1.54, 1.807) is 26.9 Å². The average molecular weight is 637 g/mol. The Morgan fingerprint density at radius 1 is 1.02 bits per heavy atom. The minimum Gasteiger partial charge on any atom is -0.396 e. The molecule has 4 aliphatic heterocycles. The monoisotopic (exact) mass is 636 g/mol. The van der Waals surface area contributed by atoms with E-state index in [2.05, 4.69) is 25.0 Å². The molecule has 0 aromatic heterocycles. The van der Waals surface area contributed by atoms with Gasteiger partial charge in [0.1, 0.15) is 11.6 Å². The Balaban J connectivity index is 1.49. The van der Waals surface area contributed by atoms with Crippen LogP contribution < -0.4 is 0 Å². The van der Waals surface area contributed by atoms with Crippen molar-refractivity contribution in [1.29, 1.82) is 0 Å². The number of carbonyl (C=O) groups is 3. The van der Waals surface area contributed by atoms with Crippen molar-refractivity contribution in [3.05, 3.63) is 61.2 Å². The van der Waals surface area contributed by atoms with Crippen LogP contribution in [0.2, 0.25) is 0 Å². The molecule has 10 heteroatoms. The zero-order valence-electron chi connectivity index (χ0n) is 27.6. The molecule has 1 N–H and O–H groups in total. The fourth-order valence-electron chi connectivity index (χ4n) is 8.30. The van der Waals surface area contributed by atoms with Gasteiger partial charge in [-0.05, 0) is 44.1 Å². The molecule has 3 unspecified atom stereocenters. The van der Waals surface area contributed by atoms with Gasteiger partial charge in [-0.1, -0.05) is 49.4 Å². The van der Waals surface area contributed by atoms with Gasteiger partial charge in [-0.2, -0.15) is 0 Å². The van der Waals surface area contributed by atoms with E-state index >= 15 is 0 Å². The topological polar surface area (TPSA) is 103 Å². The Hall–Kier alpha value is -3.05. The van der Waals surface area contributed by atoms with Gasteiger partial charge >= 0.3 is 0 Å². The molecule has 0 saturated carbocycles. The Labute approximate surface area is 274 Å². The number of aliphatic hydroxyl groups excluding tert-OH is 1. The van der Waals surface area contributed by atoms with Crippen molar-refractivity contribution in [3.63, 3.8) is 0 Å². The fraction of sp³-hybridized carbons (Fsp3) is 0.639. The molecule has 5 rings (SSSR count). The van der Waals surface area contributed by atoms with Gasteiger partial charge < -0.3 is 29.3 Å². The Morgan fingerprint density at radius 3 is 2.39 bits per heavy atom. The van der Waals surface area contributed by atoms with E-state index < -0.39 is 29.1 Å². The van der Waals surface area contributed by atoms with Crippen LogP contribution in [-0.2, 0) is 30.4 Å². The van der Waals surface area contributed by atoms with E-state index in [-0.39, 0.29) is 30.2 Å². The van der Waals surface area contributed by atoms with Crippen LogP contribution in [-0.4, -0.2) is 125 Å². The highest BCUT2D eigenvalue weighted by molar-refractivity contribution is 5.99. The van der Waals surface area contributed by atoms with Crippen molar-refractivity contribution in [2.45, 2.75) is 63.3 Å². The number of hydrogen-bond donors (Lipinski definition) is 1. The summed E-state index contributed by atoms with van der Waals surface area (Å²) in [4.78, 5) is 51.6. The number of nitrogens with zero attached hydrogens (tertiary/aromatic N) is 4. The summed E-state index contributed by atoms with van der Waals surface area (Å²) in [6.07, 6.45) is 5.98. The first-order chi connectivity index (χ1) is 22.2. The van der Waals surface area contributed by atoms with Crippen LogP contribution in [0.1, 0.15) is 45.1 Å². The summed E-state index contributed by atoms with van der Waals surface area (Å²) >= 11 is 0. The van der Waals surface area contributed by atoms with E-state index in [0.717, 1.165) is 25.1 Å². The maximum Gasteiger partial charge on any atom is 0.248 e. The van der Waals surface area contributed by atoms with Crippen molar-refractivity contribution in [2.24, 2.45) is 17.8 Å². The van der Waals surface area contributed by atoms with E-state index in [0.29, 0.717) is 71.7 Å². The van der Waals surface area contributed by atoms with Crippen LogP contribution in [0.25, 0.3) is 0 Å². The molecule has 0 radical (unpaired) electrons. The summed E-state index contributed by atoms with van der Waals surface area (Å²) in [6, 6.07) is 8.98. The fourth-order valence-corrected chi connectivity index (χ4v) is 8.30. The number of morpholine rings is 1. The van der Waals surface area contributed by atoms with E-state index in [4.69, 9.17) is 9.47 Å². The third-order valence-electron chi connectivity index (χ3n) is 10.7. The number of likely N-dealkylation sites (tertiary alicyclic amines) is 1. The molecule has 46 heavy (non-hydrogen) atoms. The molecule has 4 heterocycles. The van der Waals surface area contributed by atoms with E-state index in [1.165, 1.54) is 0 Å². The first kappa shape index (κ1) is 34.3. The third kappa shape index (κ3) is 6.41. The summed E-state index contributed by atoms with van der Waals surface area (Å²) in [5.74, 6) is -2.00. The lowest BCUT2D eigenvalue weighted by Gasteiger charge is -2.39. The second kappa shape index (κ2) is 14.8. The molecular weight excluding hydrogens is 584 g/mol. The molecule has 6 atom stereocenters. The van der Waals surface area contributed by atoms with Gasteiger partial charge in [-0.3, -0.25) is 19.3 Å². The lowest BCUT2D eigenvalue weighted by molar-refractivity contribution is -0.155. The molecule has 10 nitrogen and oxygen atoms in total. The summed E-state index contributed by atoms with van der Waals surface area (Å²) < 4.78 is 12.5. The second-order valence-corrected chi connectivity index (χ2v) is 13.5. The van der Waals surface area contributed by atoms with Crippen LogP contribution in [0.15, 0.2) is 55.6 Å². The molecule has 0 aliphatic carbocycles. The molecule has 4 saturated heterocycles. The van der Waals surface area contributed by atoms with Crippen LogP contribution in [0, 0.1) is 17.8 Å². The number of ether oxygens (including phenoxy) is 2. The smallest absolute Gasteiger partial charge is 0.248 e. The van der Waals surface area contributed by atoms with Crippen molar-refractivity contribution in [1.82, 2.24) is 19.6 Å². The maximum atomic E-state index is 14.8. The lowest BCUT2D eigenvalue weighted by atomic mass is 9.62. The first-order valence-electron chi connectivity index (χ1n) is 17.0. The quantitative estimate of drug-likeness (QED) is 0.220. The Kier molecular flexibility index (Phi) is 11.0. The first-order valence-corrected chi connectivity index (χ1v) is 17.0. The summed E-state index contributed by atoms with van der Waals surface area (Å²) in [5.41, 5.74) is -1.01. The molecule has 1 spiro atoms. The predicted octanol–water partition coefficient (Wildman–Crippen LogP) is 2.72. The largest absolute Gasteiger partial charge is 0.396 e. The highest BCUT2D eigenvalue weighted by Gasteiger charge is 2.80. The average Bonchev–Trinajstić information content (AvgIpc) is 3.57. The zero-order chi connectivity index (χ0) is 32.9. The van der Waals surface area contributed by atoms with Gasteiger partial charge in [0.15, 0.2) is 0 Å². The van der Waals surface area contributed by atoms with E-state index in [9.17, 15) is 19.5 Å². The summed E-state index contributed by atoms with van der Waals surface area (Å²) in [5, 5.41) is 9.39. The zero-order valence-corrected chi connectivity index (χ0v) is 27.6. The van der Waals surface area contributed by atoms with Crippen molar-refractivity contribution in [3.8, 4) is 0 Å². The SMILES string of the molecule is C=CCN(CCN1CCOCC1)C(=O)C1N(CCCCCO)C(=O)[C@@H]2[C@H](C(=O)N(CC=C)Cc3ccccc3)[C@@]3(C)OC12CC3C. The van der Waals surface area contributed by atoms with Crippen molar-refractivity contribution in [2.75, 3.05) is 65.6 Å². The Morgan fingerprint density at radius 2 is 1.72 bits per heavy atom. The van der Waals surface area contributed by atoms with Gasteiger partial charge in [0.25, 0.3) is 0 Å². The summed E-state index contributed by atoms with van der Waals surface area (Å²) in [7, 11) is 0. The molecule has 2 bridgehead atoms. The molecule has 4 fully saturated rings. The highest BCUT2D eigenvalue weighted by Crippen LogP contribution is 2.65. The number of benzene rings is 1. The van der Waals surface area contributed by atoms with Gasteiger partial charge in [0.05, 0.1) is 30.7 Å². The Bertz CT molecular complexity index is 1250. The molecule has 252 valence electrons. The minimum atomic E-state index is -1.11. The standard InChI is InChI=1S/C36H52N4O6/c1-5-15-38(19-18-37-20-23-45-24-21-37)34(44)31-36-25-27(3)35(4,46-36)29(30(36)33(43)40(31)17-11-8-12-22-41)32(42)39(16-6-2)26-28-13-9-7-10-14-28/h5-7,9-10,13-14,27,29-31,41H,1-2,8,11-12,15-26H2,3-4H3/t27?,29-,30+,31?,35+,36?/m1/s1. The predicted molar refractivity (Wildman–Crippen MR) is 176 cm³/mol. The summed E-state index contributed by atoms with van der Waals surface area (Å²) in [6.45, 7) is 17.6. The lowest BCUT2D eigenvalue weighted by Crippen LogP contribution is -2.57. The maximum absolute atomic E-state index is 14.8. The third-order valence-corrected chi connectivity index (χ3v) is 10.7. The number of aliphatic hydroxyl groups is 1.